The summed E-state index contributed by atoms with van der Waals surface area (Å²) in [7, 11) is 0. The zero-order valence-corrected chi connectivity index (χ0v) is 6.99. The molecule has 0 aromatic rings. The first-order valence-electron chi connectivity index (χ1n) is 4.18. The second-order valence-corrected chi connectivity index (χ2v) is 3.22. The number of ether oxygens (including phenoxy) is 3. The summed E-state index contributed by atoms with van der Waals surface area (Å²) in [4.78, 5) is 10.6. The Morgan fingerprint density at radius 1 is 1.50 bits per heavy atom. The van der Waals surface area contributed by atoms with Crippen LogP contribution >= 0.6 is 0 Å². The minimum atomic E-state index is -0.221. The van der Waals surface area contributed by atoms with E-state index in [-0.39, 0.29) is 24.5 Å². The third-order valence-corrected chi connectivity index (χ3v) is 2.13. The van der Waals surface area contributed by atoms with Crippen LogP contribution in [0.15, 0.2) is 0 Å². The van der Waals surface area contributed by atoms with Gasteiger partial charge in [-0.25, -0.2) is 0 Å². The largest absolute Gasteiger partial charge is 0.462 e. The van der Waals surface area contributed by atoms with Crippen LogP contribution in [0.25, 0.3) is 0 Å². The van der Waals surface area contributed by atoms with E-state index in [9.17, 15) is 4.79 Å². The van der Waals surface area contributed by atoms with E-state index in [1.165, 1.54) is 6.92 Å². The second-order valence-electron chi connectivity index (χ2n) is 3.22. The van der Waals surface area contributed by atoms with Crippen molar-refractivity contribution in [3.8, 4) is 0 Å². The van der Waals surface area contributed by atoms with Gasteiger partial charge in [0.2, 0.25) is 0 Å². The third kappa shape index (κ3) is 1.59. The second kappa shape index (κ2) is 3.03. The molecule has 0 spiro atoms. The summed E-state index contributed by atoms with van der Waals surface area (Å²) in [5, 5.41) is 0. The molecule has 4 nitrogen and oxygen atoms in total. The first-order chi connectivity index (χ1) is 5.74. The summed E-state index contributed by atoms with van der Waals surface area (Å²) in [6, 6.07) is 0. The van der Waals surface area contributed by atoms with Crippen LogP contribution in [-0.4, -0.2) is 31.1 Å². The summed E-state index contributed by atoms with van der Waals surface area (Å²) in [5.41, 5.74) is 0. The Kier molecular flexibility index (Phi) is 2.02. The van der Waals surface area contributed by atoms with E-state index in [0.717, 1.165) is 6.42 Å². The predicted octanol–water partition coefficient (Wildman–Crippen LogP) is 0.453. The van der Waals surface area contributed by atoms with E-state index >= 15 is 0 Å². The maximum atomic E-state index is 10.6. The lowest BCUT2D eigenvalue weighted by molar-refractivity contribution is -0.162. The fraction of sp³-hybridized carbons (Fsp3) is 0.875. The van der Waals surface area contributed by atoms with Crippen LogP contribution in [0, 0.1) is 0 Å². The molecule has 2 heterocycles. The highest BCUT2D eigenvalue weighted by atomic mass is 16.7. The highest BCUT2D eigenvalue weighted by Crippen LogP contribution is 2.28. The van der Waals surface area contributed by atoms with Crippen molar-refractivity contribution in [2.75, 3.05) is 6.61 Å². The average Bonchev–Trinajstić information content (AvgIpc) is 2.29. The van der Waals surface area contributed by atoms with Gasteiger partial charge in [0, 0.05) is 19.8 Å². The molecule has 68 valence electrons. The maximum absolute atomic E-state index is 10.6. The maximum Gasteiger partial charge on any atom is 0.302 e. The standard InChI is InChI=1S/C8H12O4/c1-5(9)11-6-2-7-4-10-8(3-6)12-7/h6-8H,2-4H2,1H3. The smallest absolute Gasteiger partial charge is 0.302 e. The first kappa shape index (κ1) is 8.01. The van der Waals surface area contributed by atoms with E-state index < -0.39 is 0 Å². The van der Waals surface area contributed by atoms with Gasteiger partial charge in [-0.3, -0.25) is 4.79 Å². The lowest BCUT2D eigenvalue weighted by Gasteiger charge is -2.25. The molecule has 0 aliphatic carbocycles. The lowest BCUT2D eigenvalue weighted by atomic mass is 10.1. The van der Waals surface area contributed by atoms with Gasteiger partial charge in [-0.1, -0.05) is 0 Å². The predicted molar refractivity (Wildman–Crippen MR) is 39.4 cm³/mol. The highest BCUT2D eigenvalue weighted by Gasteiger charge is 2.37. The molecule has 0 amide bonds. The van der Waals surface area contributed by atoms with Crippen LogP contribution in [0.2, 0.25) is 0 Å². The molecule has 2 fully saturated rings. The normalized spacial score (nSPS) is 39.6. The minimum Gasteiger partial charge on any atom is -0.462 e. The van der Waals surface area contributed by atoms with Gasteiger partial charge in [0.15, 0.2) is 6.29 Å². The zero-order valence-electron chi connectivity index (χ0n) is 6.99. The number of rotatable bonds is 1. The van der Waals surface area contributed by atoms with Crippen molar-refractivity contribution in [2.45, 2.75) is 38.3 Å². The van der Waals surface area contributed by atoms with Crippen LogP contribution in [0.3, 0.4) is 0 Å². The van der Waals surface area contributed by atoms with E-state index in [0.29, 0.717) is 13.0 Å². The van der Waals surface area contributed by atoms with Gasteiger partial charge in [-0.15, -0.1) is 0 Å². The SMILES string of the molecule is CC(=O)OC1CC2COC(C1)O2. The number of hydrogen-bond acceptors (Lipinski definition) is 4. The van der Waals surface area contributed by atoms with E-state index in [2.05, 4.69) is 0 Å². The number of fused-ring (bicyclic) bond motifs is 2. The van der Waals surface area contributed by atoms with Crippen LogP contribution in [-0.2, 0) is 19.0 Å². The zero-order chi connectivity index (χ0) is 8.55. The van der Waals surface area contributed by atoms with Gasteiger partial charge in [0.1, 0.15) is 6.10 Å². The molecule has 0 saturated carbocycles. The van der Waals surface area contributed by atoms with Gasteiger partial charge in [-0.2, -0.15) is 0 Å². The molecule has 2 rings (SSSR count). The van der Waals surface area contributed by atoms with E-state index in [1.54, 1.807) is 0 Å². The molecule has 2 aliphatic heterocycles. The Hall–Kier alpha value is -0.610. The van der Waals surface area contributed by atoms with Gasteiger partial charge in [-0.05, 0) is 0 Å². The molecular formula is C8H12O4. The van der Waals surface area contributed by atoms with Gasteiger partial charge >= 0.3 is 5.97 Å². The van der Waals surface area contributed by atoms with Gasteiger partial charge in [0.25, 0.3) is 0 Å². The Balaban J connectivity index is 1.89. The molecule has 12 heavy (non-hydrogen) atoms. The summed E-state index contributed by atoms with van der Waals surface area (Å²) < 4.78 is 15.7. The summed E-state index contributed by atoms with van der Waals surface area (Å²) in [6.45, 7) is 2.07. The summed E-state index contributed by atoms with van der Waals surface area (Å²) >= 11 is 0. The molecule has 0 radical (unpaired) electrons. The highest BCUT2D eigenvalue weighted by molar-refractivity contribution is 5.66. The van der Waals surface area contributed by atoms with Crippen LogP contribution in [0.5, 0.6) is 0 Å². The third-order valence-electron chi connectivity index (χ3n) is 2.13. The minimum absolute atomic E-state index is 0.00579. The summed E-state index contributed by atoms with van der Waals surface area (Å²) in [5.74, 6) is -0.221. The molecular weight excluding hydrogens is 160 g/mol. The fourth-order valence-electron chi connectivity index (χ4n) is 1.69. The quantitative estimate of drug-likeness (QED) is 0.539. The average molecular weight is 172 g/mol. The monoisotopic (exact) mass is 172 g/mol. The van der Waals surface area contributed by atoms with Crippen LogP contribution in [0.4, 0.5) is 0 Å². The van der Waals surface area contributed by atoms with Crippen molar-refractivity contribution in [3.05, 3.63) is 0 Å². The number of hydrogen-bond donors (Lipinski definition) is 0. The van der Waals surface area contributed by atoms with Crippen molar-refractivity contribution < 1.29 is 19.0 Å². The lowest BCUT2D eigenvalue weighted by Crippen LogP contribution is -2.32. The topological polar surface area (TPSA) is 44.8 Å². The van der Waals surface area contributed by atoms with E-state index in [4.69, 9.17) is 14.2 Å². The molecule has 0 aromatic carbocycles. The molecule has 2 aliphatic rings. The fourth-order valence-corrected chi connectivity index (χ4v) is 1.69. The Morgan fingerprint density at radius 3 is 3.00 bits per heavy atom. The molecule has 4 heteroatoms. The molecule has 2 saturated heterocycles. The summed E-state index contributed by atoms with van der Waals surface area (Å²) in [6.07, 6.45) is 1.43. The molecule has 2 bridgehead atoms. The van der Waals surface area contributed by atoms with Gasteiger partial charge < -0.3 is 14.2 Å². The molecule has 3 unspecified atom stereocenters. The van der Waals surface area contributed by atoms with Crippen molar-refractivity contribution in [2.24, 2.45) is 0 Å². The van der Waals surface area contributed by atoms with E-state index in [1.807, 2.05) is 0 Å². The van der Waals surface area contributed by atoms with Crippen molar-refractivity contribution in [1.29, 1.82) is 0 Å². The number of esters is 1. The number of carbonyl (C=O) groups excluding carboxylic acids is 1. The van der Waals surface area contributed by atoms with Crippen molar-refractivity contribution in [1.82, 2.24) is 0 Å². The Bertz CT molecular complexity index is 179. The van der Waals surface area contributed by atoms with Crippen LogP contribution in [0.1, 0.15) is 19.8 Å². The molecule has 3 atom stereocenters. The number of carbonyl (C=O) groups is 1. The van der Waals surface area contributed by atoms with Gasteiger partial charge in [0.05, 0.1) is 12.7 Å². The molecule has 0 N–H and O–H groups in total. The van der Waals surface area contributed by atoms with Crippen LogP contribution < -0.4 is 0 Å². The first-order valence-corrected chi connectivity index (χ1v) is 4.18. The van der Waals surface area contributed by atoms with Crippen molar-refractivity contribution >= 4 is 5.97 Å². The Morgan fingerprint density at radius 2 is 2.33 bits per heavy atom. The van der Waals surface area contributed by atoms with Crippen molar-refractivity contribution in [3.63, 3.8) is 0 Å². The molecule has 0 aromatic heterocycles. The Labute approximate surface area is 70.8 Å².